The van der Waals surface area contributed by atoms with Crippen molar-refractivity contribution in [2.24, 2.45) is 7.05 Å². The van der Waals surface area contributed by atoms with Crippen LogP contribution in [0.4, 0.5) is 0 Å². The summed E-state index contributed by atoms with van der Waals surface area (Å²) < 4.78 is 1.45. The van der Waals surface area contributed by atoms with E-state index in [1.807, 2.05) is 0 Å². The molecule has 0 bridgehead atoms. The first-order valence-electron chi connectivity index (χ1n) is 4.57. The zero-order chi connectivity index (χ0) is 11.7. The third kappa shape index (κ3) is 1.96. The van der Waals surface area contributed by atoms with Crippen molar-refractivity contribution in [3.63, 3.8) is 0 Å². The number of halogens is 2. The van der Waals surface area contributed by atoms with Gasteiger partial charge in [-0.2, -0.15) is 5.10 Å². The summed E-state index contributed by atoms with van der Waals surface area (Å²) >= 11 is 11.7. The van der Waals surface area contributed by atoms with E-state index in [1.54, 1.807) is 31.3 Å². The minimum atomic E-state index is -0.187. The molecule has 0 aliphatic carbocycles. The van der Waals surface area contributed by atoms with Gasteiger partial charge in [0.15, 0.2) is 0 Å². The van der Waals surface area contributed by atoms with Crippen LogP contribution in [0.15, 0.2) is 30.5 Å². The summed E-state index contributed by atoms with van der Waals surface area (Å²) in [6, 6.07) is 6.73. The van der Waals surface area contributed by atoms with Gasteiger partial charge in [0.25, 0.3) is 0 Å². The normalized spacial score (nSPS) is 10.4. The number of nitrogens with zero attached hydrogens (tertiary/aromatic N) is 2. The number of carbonyl (C=O) groups excluding carboxylic acids is 1. The zero-order valence-corrected chi connectivity index (χ0v) is 9.96. The molecule has 0 unspecified atom stereocenters. The third-order valence-electron chi connectivity index (χ3n) is 2.20. The van der Waals surface area contributed by atoms with Crippen LogP contribution in [0.25, 0.3) is 0 Å². The highest BCUT2D eigenvalue weighted by Gasteiger charge is 2.17. The van der Waals surface area contributed by atoms with Crippen molar-refractivity contribution < 1.29 is 4.79 Å². The molecule has 0 radical (unpaired) electrons. The molecule has 1 aromatic heterocycles. The molecule has 82 valence electrons. The fraction of sp³-hybridized carbons (Fsp3) is 0.0909. The molecule has 0 spiro atoms. The van der Waals surface area contributed by atoms with E-state index in [9.17, 15) is 4.79 Å². The van der Waals surface area contributed by atoms with Crippen LogP contribution in [0.2, 0.25) is 10.0 Å². The molecule has 0 fully saturated rings. The molecule has 1 heterocycles. The predicted molar refractivity (Wildman–Crippen MR) is 63.1 cm³/mol. The van der Waals surface area contributed by atoms with Gasteiger partial charge in [-0.1, -0.05) is 35.3 Å². The Morgan fingerprint density at radius 2 is 2.12 bits per heavy atom. The van der Waals surface area contributed by atoms with Gasteiger partial charge in [0, 0.05) is 17.6 Å². The smallest absolute Gasteiger partial charge is 0.212 e. The summed E-state index contributed by atoms with van der Waals surface area (Å²) in [7, 11) is 1.67. The van der Waals surface area contributed by atoms with E-state index < -0.39 is 0 Å². The maximum atomic E-state index is 12.1. The van der Waals surface area contributed by atoms with E-state index in [0.717, 1.165) is 0 Å². The Balaban J connectivity index is 2.47. The lowest BCUT2D eigenvalue weighted by atomic mass is 10.1. The molecule has 2 rings (SSSR count). The van der Waals surface area contributed by atoms with Gasteiger partial charge in [-0.25, -0.2) is 0 Å². The largest absolute Gasteiger partial charge is 0.287 e. The second-order valence-corrected chi connectivity index (χ2v) is 4.15. The van der Waals surface area contributed by atoms with E-state index in [2.05, 4.69) is 5.10 Å². The topological polar surface area (TPSA) is 34.9 Å². The van der Waals surface area contributed by atoms with Gasteiger partial charge >= 0.3 is 0 Å². The van der Waals surface area contributed by atoms with Crippen LogP contribution < -0.4 is 0 Å². The quantitative estimate of drug-likeness (QED) is 0.773. The lowest BCUT2D eigenvalue weighted by Gasteiger charge is -2.02. The minimum Gasteiger partial charge on any atom is -0.287 e. The van der Waals surface area contributed by atoms with Gasteiger partial charge in [-0.3, -0.25) is 9.48 Å². The highest BCUT2D eigenvalue weighted by atomic mass is 35.5. The molecule has 0 aliphatic heterocycles. The number of ketones is 1. The first-order valence-corrected chi connectivity index (χ1v) is 5.33. The molecule has 2 aromatic rings. The van der Waals surface area contributed by atoms with Gasteiger partial charge in [0.1, 0.15) is 5.69 Å². The number of rotatable bonds is 2. The Bertz CT molecular complexity index is 529. The second kappa shape index (κ2) is 4.28. The summed E-state index contributed by atoms with van der Waals surface area (Å²) in [5.41, 5.74) is 0.863. The molecule has 0 saturated carbocycles. The number of aryl methyl sites for hydroxylation is 1. The maximum Gasteiger partial charge on any atom is 0.212 e. The fourth-order valence-electron chi connectivity index (χ4n) is 1.43. The average Bonchev–Trinajstić information content (AvgIpc) is 2.58. The van der Waals surface area contributed by atoms with Crippen LogP contribution >= 0.6 is 23.2 Å². The van der Waals surface area contributed by atoms with Crippen LogP contribution in [0, 0.1) is 0 Å². The van der Waals surface area contributed by atoms with Gasteiger partial charge < -0.3 is 0 Å². The van der Waals surface area contributed by atoms with Crippen LogP contribution in [-0.2, 0) is 7.05 Å². The Kier molecular flexibility index (Phi) is 2.99. The molecule has 5 heteroatoms. The lowest BCUT2D eigenvalue weighted by Crippen LogP contribution is -2.08. The first kappa shape index (κ1) is 11.2. The number of benzene rings is 1. The van der Waals surface area contributed by atoms with Crippen LogP contribution in [0.5, 0.6) is 0 Å². The van der Waals surface area contributed by atoms with Gasteiger partial charge in [0.05, 0.1) is 11.2 Å². The van der Waals surface area contributed by atoms with Crippen LogP contribution in [-0.4, -0.2) is 15.6 Å². The van der Waals surface area contributed by atoms with Crippen molar-refractivity contribution in [3.05, 3.63) is 51.8 Å². The van der Waals surface area contributed by atoms with Crippen molar-refractivity contribution in [2.75, 3.05) is 0 Å². The Morgan fingerprint density at radius 3 is 2.69 bits per heavy atom. The lowest BCUT2D eigenvalue weighted by molar-refractivity contribution is 0.103. The molecule has 0 amide bonds. The molecule has 16 heavy (non-hydrogen) atoms. The standard InChI is InChI=1S/C11H8Cl2N2O/c1-15-10(9(13)6-14-15)11(16)7-3-2-4-8(12)5-7/h2-6H,1H3. The van der Waals surface area contributed by atoms with Crippen molar-refractivity contribution in [3.8, 4) is 0 Å². The first-order chi connectivity index (χ1) is 7.59. The average molecular weight is 255 g/mol. The summed E-state index contributed by atoms with van der Waals surface area (Å²) in [6.07, 6.45) is 1.44. The van der Waals surface area contributed by atoms with Crippen molar-refractivity contribution in [1.29, 1.82) is 0 Å². The number of hydrogen-bond donors (Lipinski definition) is 0. The summed E-state index contributed by atoms with van der Waals surface area (Å²) in [5.74, 6) is -0.187. The SMILES string of the molecule is Cn1ncc(Cl)c1C(=O)c1cccc(Cl)c1. The fourth-order valence-corrected chi connectivity index (χ4v) is 1.87. The number of hydrogen-bond acceptors (Lipinski definition) is 2. The molecule has 3 nitrogen and oxygen atoms in total. The van der Waals surface area contributed by atoms with Crippen molar-refractivity contribution in [1.82, 2.24) is 9.78 Å². The van der Waals surface area contributed by atoms with E-state index in [1.165, 1.54) is 10.9 Å². The third-order valence-corrected chi connectivity index (χ3v) is 2.71. The number of aromatic nitrogens is 2. The molecule has 0 atom stereocenters. The highest BCUT2D eigenvalue weighted by molar-refractivity contribution is 6.35. The Morgan fingerprint density at radius 1 is 1.38 bits per heavy atom. The van der Waals surface area contributed by atoms with Gasteiger partial charge in [-0.05, 0) is 12.1 Å². The van der Waals surface area contributed by atoms with Gasteiger partial charge in [0.2, 0.25) is 5.78 Å². The van der Waals surface area contributed by atoms with E-state index in [4.69, 9.17) is 23.2 Å². The molecule has 0 aliphatic rings. The molecule has 0 saturated heterocycles. The van der Waals surface area contributed by atoms with Gasteiger partial charge in [-0.15, -0.1) is 0 Å². The van der Waals surface area contributed by atoms with E-state index in [-0.39, 0.29) is 5.78 Å². The van der Waals surface area contributed by atoms with Crippen molar-refractivity contribution in [2.45, 2.75) is 0 Å². The zero-order valence-electron chi connectivity index (χ0n) is 8.45. The number of carbonyl (C=O) groups is 1. The van der Waals surface area contributed by atoms with Crippen LogP contribution in [0.3, 0.4) is 0 Å². The van der Waals surface area contributed by atoms with E-state index in [0.29, 0.717) is 21.3 Å². The Labute approximate surface area is 103 Å². The molecule has 0 N–H and O–H groups in total. The van der Waals surface area contributed by atoms with Crippen molar-refractivity contribution >= 4 is 29.0 Å². The highest BCUT2D eigenvalue weighted by Crippen LogP contribution is 2.20. The summed E-state index contributed by atoms with van der Waals surface area (Å²) in [5, 5.41) is 4.77. The molecular weight excluding hydrogens is 247 g/mol. The Hall–Kier alpha value is -1.32. The second-order valence-electron chi connectivity index (χ2n) is 3.30. The minimum absolute atomic E-state index is 0.187. The van der Waals surface area contributed by atoms with Crippen LogP contribution in [0.1, 0.15) is 16.1 Å². The summed E-state index contributed by atoms with van der Waals surface area (Å²) in [6.45, 7) is 0. The predicted octanol–water partition coefficient (Wildman–Crippen LogP) is 2.96. The maximum absolute atomic E-state index is 12.1. The summed E-state index contributed by atoms with van der Waals surface area (Å²) in [4.78, 5) is 12.1. The molecular formula is C11H8Cl2N2O. The molecule has 1 aromatic carbocycles. The monoisotopic (exact) mass is 254 g/mol. The van der Waals surface area contributed by atoms with E-state index >= 15 is 0 Å².